The largest absolute Gasteiger partial charge is 0.398 e. The van der Waals surface area contributed by atoms with E-state index in [1.807, 2.05) is 13.0 Å². The van der Waals surface area contributed by atoms with Crippen molar-refractivity contribution in [2.45, 2.75) is 13.3 Å². The molecule has 108 valence electrons. The molecule has 0 aliphatic carbocycles. The molecule has 1 amide bonds. The highest BCUT2D eigenvalue weighted by Gasteiger charge is 2.26. The fourth-order valence-corrected chi connectivity index (χ4v) is 3.07. The second kappa shape index (κ2) is 5.35. The molecule has 2 aromatic carbocycles. The first-order valence-electron chi connectivity index (χ1n) is 6.63. The summed E-state index contributed by atoms with van der Waals surface area (Å²) in [6.45, 7) is 2.66. The minimum Gasteiger partial charge on any atom is -0.398 e. The quantitative estimate of drug-likeness (QED) is 0.770. The first kappa shape index (κ1) is 14.4. The van der Waals surface area contributed by atoms with Crippen molar-refractivity contribution in [2.24, 2.45) is 0 Å². The lowest BCUT2D eigenvalue weighted by atomic mass is 10.1. The number of halogens is 2. The van der Waals surface area contributed by atoms with Crippen molar-refractivity contribution in [3.63, 3.8) is 0 Å². The van der Waals surface area contributed by atoms with E-state index < -0.39 is 0 Å². The fraction of sp³-hybridized carbons (Fsp3) is 0.188. The zero-order valence-corrected chi connectivity index (χ0v) is 13.8. The number of nitrogens with zero attached hydrogens (tertiary/aromatic N) is 1. The number of carbonyl (C=O) groups excluding carboxylic acids is 1. The number of fused-ring (bicyclic) bond motifs is 1. The highest BCUT2D eigenvalue weighted by Crippen LogP contribution is 2.33. The van der Waals surface area contributed by atoms with E-state index in [2.05, 4.69) is 22.0 Å². The monoisotopic (exact) mass is 364 g/mol. The van der Waals surface area contributed by atoms with E-state index in [0.29, 0.717) is 22.8 Å². The van der Waals surface area contributed by atoms with Gasteiger partial charge in [0.2, 0.25) is 0 Å². The average Bonchev–Trinajstić information content (AvgIpc) is 2.84. The van der Waals surface area contributed by atoms with Crippen LogP contribution < -0.4 is 10.6 Å². The Morgan fingerprint density at radius 3 is 2.81 bits per heavy atom. The SMILES string of the molecule is Cc1cc2c(cc1N)N(C(=O)c1ccc(Cl)c(Br)c1)CC2. The molecule has 1 aliphatic rings. The zero-order valence-electron chi connectivity index (χ0n) is 11.5. The highest BCUT2D eigenvalue weighted by molar-refractivity contribution is 9.10. The Morgan fingerprint density at radius 2 is 2.10 bits per heavy atom. The van der Waals surface area contributed by atoms with Crippen molar-refractivity contribution in [3.05, 3.63) is 56.5 Å². The number of anilines is 2. The number of amides is 1. The molecule has 1 aliphatic heterocycles. The van der Waals surface area contributed by atoms with Crippen LogP contribution in [0.15, 0.2) is 34.8 Å². The van der Waals surface area contributed by atoms with Gasteiger partial charge in [0.25, 0.3) is 5.91 Å². The summed E-state index contributed by atoms with van der Waals surface area (Å²) < 4.78 is 0.720. The van der Waals surface area contributed by atoms with Crippen molar-refractivity contribution >= 4 is 44.8 Å². The predicted octanol–water partition coefficient (Wildman–Crippen LogP) is 4.20. The van der Waals surface area contributed by atoms with Crippen LogP contribution in [0.25, 0.3) is 0 Å². The minimum absolute atomic E-state index is 0.0330. The van der Waals surface area contributed by atoms with Gasteiger partial charge in [0, 0.05) is 28.0 Å². The number of hydrogen-bond acceptors (Lipinski definition) is 2. The van der Waals surface area contributed by atoms with Crippen LogP contribution in [0.3, 0.4) is 0 Å². The summed E-state index contributed by atoms with van der Waals surface area (Å²) in [5.74, 6) is -0.0330. The Kier molecular flexibility index (Phi) is 3.68. The van der Waals surface area contributed by atoms with E-state index in [1.54, 1.807) is 23.1 Å². The van der Waals surface area contributed by atoms with Crippen molar-refractivity contribution in [1.82, 2.24) is 0 Å². The van der Waals surface area contributed by atoms with E-state index >= 15 is 0 Å². The molecule has 0 spiro atoms. The average molecular weight is 366 g/mol. The third kappa shape index (κ3) is 2.54. The standard InChI is InChI=1S/C16H14BrClN2O/c1-9-6-10-4-5-20(15(10)8-14(9)19)16(21)11-2-3-13(18)12(17)7-11/h2-3,6-8H,4-5,19H2,1H3. The van der Waals surface area contributed by atoms with Gasteiger partial charge in [-0.25, -0.2) is 0 Å². The van der Waals surface area contributed by atoms with E-state index in [9.17, 15) is 4.79 Å². The lowest BCUT2D eigenvalue weighted by molar-refractivity contribution is 0.0989. The van der Waals surface area contributed by atoms with Gasteiger partial charge in [-0.2, -0.15) is 0 Å². The van der Waals surface area contributed by atoms with Gasteiger partial charge in [-0.1, -0.05) is 17.7 Å². The summed E-state index contributed by atoms with van der Waals surface area (Å²) in [6, 6.07) is 9.17. The van der Waals surface area contributed by atoms with Crippen LogP contribution in [-0.4, -0.2) is 12.5 Å². The van der Waals surface area contributed by atoms with Gasteiger partial charge in [0.1, 0.15) is 0 Å². The molecule has 3 rings (SSSR count). The van der Waals surface area contributed by atoms with Gasteiger partial charge in [0.15, 0.2) is 0 Å². The molecule has 21 heavy (non-hydrogen) atoms. The number of rotatable bonds is 1. The molecular weight excluding hydrogens is 352 g/mol. The first-order chi connectivity index (χ1) is 9.97. The van der Waals surface area contributed by atoms with Crippen LogP contribution in [0.1, 0.15) is 21.5 Å². The summed E-state index contributed by atoms with van der Waals surface area (Å²) in [5, 5.41) is 0.591. The molecule has 3 nitrogen and oxygen atoms in total. The van der Waals surface area contributed by atoms with E-state index in [1.165, 1.54) is 5.56 Å². The normalized spacial score (nSPS) is 13.4. The number of aryl methyl sites for hydroxylation is 1. The fourth-order valence-electron chi connectivity index (χ4n) is 2.57. The summed E-state index contributed by atoms with van der Waals surface area (Å²) in [4.78, 5) is 14.5. The topological polar surface area (TPSA) is 46.3 Å². The van der Waals surface area contributed by atoms with Gasteiger partial charge < -0.3 is 10.6 Å². The van der Waals surface area contributed by atoms with E-state index in [4.69, 9.17) is 17.3 Å². The summed E-state index contributed by atoms with van der Waals surface area (Å²) >= 11 is 9.33. The lowest BCUT2D eigenvalue weighted by Crippen LogP contribution is -2.28. The first-order valence-corrected chi connectivity index (χ1v) is 7.80. The molecular formula is C16H14BrClN2O. The zero-order chi connectivity index (χ0) is 15.1. The number of nitrogen functional groups attached to an aromatic ring is 1. The van der Waals surface area contributed by atoms with Crippen LogP contribution >= 0.6 is 27.5 Å². The lowest BCUT2D eigenvalue weighted by Gasteiger charge is -2.18. The Balaban J connectivity index is 1.98. The molecule has 0 saturated heterocycles. The molecule has 0 unspecified atom stereocenters. The maximum atomic E-state index is 12.7. The molecule has 1 heterocycles. The molecule has 0 saturated carbocycles. The Labute approximate surface area is 136 Å². The number of benzene rings is 2. The van der Waals surface area contributed by atoms with Crippen molar-refractivity contribution < 1.29 is 4.79 Å². The second-order valence-electron chi connectivity index (χ2n) is 5.17. The van der Waals surface area contributed by atoms with Crippen molar-refractivity contribution in [1.29, 1.82) is 0 Å². The summed E-state index contributed by atoms with van der Waals surface area (Å²) in [7, 11) is 0. The van der Waals surface area contributed by atoms with Gasteiger partial charge in [-0.3, -0.25) is 4.79 Å². The predicted molar refractivity (Wildman–Crippen MR) is 90.1 cm³/mol. The molecule has 5 heteroatoms. The van der Waals surface area contributed by atoms with Crippen LogP contribution in [-0.2, 0) is 6.42 Å². The number of carbonyl (C=O) groups is 1. The van der Waals surface area contributed by atoms with E-state index in [-0.39, 0.29) is 5.91 Å². The Bertz CT molecular complexity index is 745. The van der Waals surface area contributed by atoms with Crippen LogP contribution in [0.2, 0.25) is 5.02 Å². The van der Waals surface area contributed by atoms with Crippen LogP contribution in [0.4, 0.5) is 11.4 Å². The summed E-state index contributed by atoms with van der Waals surface area (Å²) in [6.07, 6.45) is 0.858. The van der Waals surface area contributed by atoms with Crippen molar-refractivity contribution in [3.8, 4) is 0 Å². The molecule has 0 aromatic heterocycles. The second-order valence-corrected chi connectivity index (χ2v) is 6.43. The van der Waals surface area contributed by atoms with Crippen LogP contribution in [0.5, 0.6) is 0 Å². The third-order valence-corrected chi connectivity index (χ3v) is 4.99. The summed E-state index contributed by atoms with van der Waals surface area (Å²) in [5.41, 5.74) is 10.4. The minimum atomic E-state index is -0.0330. The number of hydrogen-bond donors (Lipinski definition) is 1. The highest BCUT2D eigenvalue weighted by atomic mass is 79.9. The Morgan fingerprint density at radius 1 is 1.33 bits per heavy atom. The van der Waals surface area contributed by atoms with Gasteiger partial charge >= 0.3 is 0 Å². The van der Waals surface area contributed by atoms with Crippen molar-refractivity contribution in [2.75, 3.05) is 17.2 Å². The maximum absolute atomic E-state index is 12.7. The smallest absolute Gasteiger partial charge is 0.258 e. The third-order valence-electron chi connectivity index (χ3n) is 3.77. The molecule has 0 bridgehead atoms. The van der Waals surface area contributed by atoms with Gasteiger partial charge in [-0.15, -0.1) is 0 Å². The maximum Gasteiger partial charge on any atom is 0.258 e. The van der Waals surface area contributed by atoms with Crippen LogP contribution in [0, 0.1) is 6.92 Å². The molecule has 0 radical (unpaired) electrons. The molecule has 2 N–H and O–H groups in total. The molecule has 0 fully saturated rings. The van der Waals surface area contributed by atoms with Gasteiger partial charge in [-0.05, 0) is 64.7 Å². The van der Waals surface area contributed by atoms with Gasteiger partial charge in [0.05, 0.1) is 5.02 Å². The molecule has 0 atom stereocenters. The number of nitrogens with two attached hydrogens (primary N) is 1. The molecule has 2 aromatic rings. The van der Waals surface area contributed by atoms with E-state index in [0.717, 1.165) is 22.1 Å². The Hall–Kier alpha value is -1.52.